The molecule has 0 spiro atoms. The van der Waals surface area contributed by atoms with Crippen LogP contribution in [0.25, 0.3) is 0 Å². The summed E-state index contributed by atoms with van der Waals surface area (Å²) >= 11 is 3.35. The van der Waals surface area contributed by atoms with Crippen LogP contribution in [-0.4, -0.2) is 4.98 Å². The molecule has 102 valence electrons. The zero-order chi connectivity index (χ0) is 13.9. The molecular formula is C15H13FN2S2. The summed E-state index contributed by atoms with van der Waals surface area (Å²) < 4.78 is 12.9. The average molecular weight is 304 g/mol. The number of halogens is 1. The molecule has 1 N–H and O–H groups in total. The Hall–Kier alpha value is -1.72. The van der Waals surface area contributed by atoms with E-state index in [0.29, 0.717) is 0 Å². The summed E-state index contributed by atoms with van der Waals surface area (Å²) in [6, 6.07) is 8.44. The summed E-state index contributed by atoms with van der Waals surface area (Å²) in [7, 11) is 0. The molecule has 5 heteroatoms. The second-order valence-corrected chi connectivity index (χ2v) is 6.33. The van der Waals surface area contributed by atoms with E-state index < -0.39 is 0 Å². The minimum Gasteiger partial charge on any atom is -0.332 e. The molecule has 2 heterocycles. The van der Waals surface area contributed by atoms with Crippen LogP contribution >= 0.6 is 22.7 Å². The minimum absolute atomic E-state index is 0.232. The molecule has 2 aromatic heterocycles. The fourth-order valence-electron chi connectivity index (χ4n) is 1.88. The molecule has 3 rings (SSSR count). The third-order valence-corrected chi connectivity index (χ3v) is 4.74. The number of rotatable bonds is 4. The van der Waals surface area contributed by atoms with Gasteiger partial charge in [-0.2, -0.15) is 11.3 Å². The number of aromatic nitrogens is 1. The van der Waals surface area contributed by atoms with Gasteiger partial charge in [0.25, 0.3) is 0 Å². The fraction of sp³-hybridized carbons (Fsp3) is 0.133. The number of nitrogens with one attached hydrogen (secondary N) is 1. The topological polar surface area (TPSA) is 24.9 Å². The molecule has 0 fully saturated rings. The average Bonchev–Trinajstić information content (AvgIpc) is 3.04. The van der Waals surface area contributed by atoms with Gasteiger partial charge in [0.15, 0.2) is 5.13 Å². The molecule has 0 atom stereocenters. The maximum absolute atomic E-state index is 12.9. The highest BCUT2D eigenvalue weighted by Crippen LogP contribution is 2.28. The van der Waals surface area contributed by atoms with Gasteiger partial charge in [0, 0.05) is 17.0 Å². The van der Waals surface area contributed by atoms with Crippen LogP contribution in [0.4, 0.5) is 15.2 Å². The van der Waals surface area contributed by atoms with E-state index in [1.54, 1.807) is 34.8 Å². The molecule has 20 heavy (non-hydrogen) atoms. The van der Waals surface area contributed by atoms with Crippen LogP contribution < -0.4 is 5.32 Å². The summed E-state index contributed by atoms with van der Waals surface area (Å²) in [4.78, 5) is 5.78. The highest BCUT2D eigenvalue weighted by atomic mass is 32.1. The molecule has 2 nitrogen and oxygen atoms in total. The molecule has 0 aliphatic carbocycles. The molecule has 0 saturated heterocycles. The van der Waals surface area contributed by atoms with Crippen LogP contribution in [0, 0.1) is 12.7 Å². The minimum atomic E-state index is -0.232. The van der Waals surface area contributed by atoms with Crippen molar-refractivity contribution in [2.75, 3.05) is 5.32 Å². The van der Waals surface area contributed by atoms with Gasteiger partial charge >= 0.3 is 0 Å². The van der Waals surface area contributed by atoms with Crippen molar-refractivity contribution >= 4 is 33.5 Å². The third-order valence-electron chi connectivity index (χ3n) is 2.93. The van der Waals surface area contributed by atoms with Gasteiger partial charge < -0.3 is 5.32 Å². The van der Waals surface area contributed by atoms with Crippen molar-refractivity contribution in [1.82, 2.24) is 4.98 Å². The standard InChI is InChI=1S/C15H13FN2S2/c1-10-14(8-11-6-7-19-9-11)20-15(17-10)18-13-4-2-12(16)3-5-13/h2-7,9H,8H2,1H3,(H,17,18). The number of nitrogens with zero attached hydrogens (tertiary/aromatic N) is 1. The second-order valence-electron chi connectivity index (χ2n) is 4.47. The zero-order valence-corrected chi connectivity index (χ0v) is 12.5. The predicted octanol–water partition coefficient (Wildman–Crippen LogP) is 4.99. The zero-order valence-electron chi connectivity index (χ0n) is 10.9. The van der Waals surface area contributed by atoms with E-state index in [9.17, 15) is 4.39 Å². The fourth-order valence-corrected chi connectivity index (χ4v) is 3.57. The first-order valence-corrected chi connectivity index (χ1v) is 7.96. The Morgan fingerprint density at radius 1 is 1.20 bits per heavy atom. The van der Waals surface area contributed by atoms with E-state index in [1.165, 1.54) is 22.6 Å². The molecule has 0 amide bonds. The van der Waals surface area contributed by atoms with Crippen molar-refractivity contribution in [2.24, 2.45) is 0 Å². The lowest BCUT2D eigenvalue weighted by molar-refractivity contribution is 0.628. The van der Waals surface area contributed by atoms with Crippen LogP contribution in [0.5, 0.6) is 0 Å². The van der Waals surface area contributed by atoms with Gasteiger partial charge in [0.2, 0.25) is 0 Å². The number of hydrogen-bond acceptors (Lipinski definition) is 4. The first kappa shape index (κ1) is 13.3. The SMILES string of the molecule is Cc1nc(Nc2ccc(F)cc2)sc1Cc1ccsc1. The molecule has 0 unspecified atom stereocenters. The number of thiophene rings is 1. The van der Waals surface area contributed by atoms with E-state index in [0.717, 1.165) is 22.9 Å². The monoisotopic (exact) mass is 304 g/mol. The number of hydrogen-bond donors (Lipinski definition) is 1. The molecule has 3 aromatic rings. The first-order chi connectivity index (χ1) is 9.70. The van der Waals surface area contributed by atoms with Gasteiger partial charge in [-0.15, -0.1) is 11.3 Å². The van der Waals surface area contributed by atoms with Crippen LogP contribution in [0.3, 0.4) is 0 Å². The Labute approximate surface area is 124 Å². The lowest BCUT2D eigenvalue weighted by Gasteiger charge is -2.01. The number of benzene rings is 1. The van der Waals surface area contributed by atoms with Crippen molar-refractivity contribution in [1.29, 1.82) is 0 Å². The van der Waals surface area contributed by atoms with Crippen molar-refractivity contribution in [3.8, 4) is 0 Å². The summed E-state index contributed by atoms with van der Waals surface area (Å²) in [6.07, 6.45) is 0.915. The van der Waals surface area contributed by atoms with E-state index in [1.807, 2.05) is 6.92 Å². The van der Waals surface area contributed by atoms with Crippen molar-refractivity contribution in [3.63, 3.8) is 0 Å². The molecule has 0 radical (unpaired) electrons. The Morgan fingerprint density at radius 2 is 2.00 bits per heavy atom. The summed E-state index contributed by atoms with van der Waals surface area (Å²) in [5, 5.41) is 8.31. The normalized spacial score (nSPS) is 10.7. The van der Waals surface area contributed by atoms with Crippen molar-refractivity contribution in [2.45, 2.75) is 13.3 Å². The van der Waals surface area contributed by atoms with Crippen LogP contribution in [0.2, 0.25) is 0 Å². The molecule has 0 bridgehead atoms. The Morgan fingerprint density at radius 3 is 2.70 bits per heavy atom. The largest absolute Gasteiger partial charge is 0.332 e. The van der Waals surface area contributed by atoms with Gasteiger partial charge in [-0.3, -0.25) is 0 Å². The van der Waals surface area contributed by atoms with E-state index in [2.05, 4.69) is 27.1 Å². The van der Waals surface area contributed by atoms with E-state index >= 15 is 0 Å². The first-order valence-electron chi connectivity index (χ1n) is 6.21. The summed E-state index contributed by atoms with van der Waals surface area (Å²) in [6.45, 7) is 2.02. The second kappa shape index (κ2) is 5.73. The highest BCUT2D eigenvalue weighted by molar-refractivity contribution is 7.15. The molecule has 0 saturated carbocycles. The molecular weight excluding hydrogens is 291 g/mol. The Kier molecular flexibility index (Phi) is 3.80. The molecule has 0 aliphatic rings. The molecule has 0 aliphatic heterocycles. The number of thiazole rings is 1. The predicted molar refractivity (Wildman–Crippen MR) is 83.7 cm³/mol. The summed E-state index contributed by atoms with van der Waals surface area (Å²) in [5.41, 5.74) is 3.21. The van der Waals surface area contributed by atoms with Gasteiger partial charge in [-0.1, -0.05) is 0 Å². The van der Waals surface area contributed by atoms with Crippen molar-refractivity contribution in [3.05, 3.63) is 63.0 Å². The molecule has 1 aromatic carbocycles. The van der Waals surface area contributed by atoms with Gasteiger partial charge in [-0.05, 0) is 53.6 Å². The lowest BCUT2D eigenvalue weighted by atomic mass is 10.2. The number of anilines is 2. The third kappa shape index (κ3) is 3.05. The maximum Gasteiger partial charge on any atom is 0.187 e. The van der Waals surface area contributed by atoms with E-state index in [4.69, 9.17) is 0 Å². The number of aryl methyl sites for hydroxylation is 1. The summed E-state index contributed by atoms with van der Waals surface area (Å²) in [5.74, 6) is -0.232. The van der Waals surface area contributed by atoms with Gasteiger partial charge in [-0.25, -0.2) is 9.37 Å². The van der Waals surface area contributed by atoms with Crippen LogP contribution in [-0.2, 0) is 6.42 Å². The Balaban J connectivity index is 1.76. The van der Waals surface area contributed by atoms with E-state index in [-0.39, 0.29) is 5.82 Å². The van der Waals surface area contributed by atoms with Gasteiger partial charge in [0.1, 0.15) is 5.82 Å². The van der Waals surface area contributed by atoms with Gasteiger partial charge in [0.05, 0.1) is 5.69 Å². The quantitative estimate of drug-likeness (QED) is 0.734. The van der Waals surface area contributed by atoms with Crippen LogP contribution in [0.15, 0.2) is 41.1 Å². The maximum atomic E-state index is 12.9. The highest BCUT2D eigenvalue weighted by Gasteiger charge is 2.09. The van der Waals surface area contributed by atoms with Crippen LogP contribution in [0.1, 0.15) is 16.1 Å². The van der Waals surface area contributed by atoms with Crippen molar-refractivity contribution < 1.29 is 4.39 Å². The Bertz CT molecular complexity index is 687. The lowest BCUT2D eigenvalue weighted by Crippen LogP contribution is -1.89. The smallest absolute Gasteiger partial charge is 0.187 e.